The number of aryl methyl sites for hydroxylation is 3. The topological polar surface area (TPSA) is 48.1 Å². The summed E-state index contributed by atoms with van der Waals surface area (Å²) in [4.78, 5) is 18.7. The third-order valence-electron chi connectivity index (χ3n) is 6.45. The van der Waals surface area contributed by atoms with Crippen LogP contribution in [0, 0.1) is 20.8 Å². The Bertz CT molecular complexity index is 1500. The first kappa shape index (κ1) is 24.2. The molecule has 1 aliphatic heterocycles. The summed E-state index contributed by atoms with van der Waals surface area (Å²) >= 11 is 12.4. The number of carbonyl (C=O) groups excluding carboxylic acids is 1. The number of hydrogen-bond acceptors (Lipinski definition) is 2. The highest BCUT2D eigenvalue weighted by Crippen LogP contribution is 2.40. The SMILES string of the molecule is Cc1cccc(C(=O)Nc2ccc3c(c2)/C(=C/c2[nH]c(C)cc2C)CN3Cc2ccc(Cl)c(Cl)c2)c1. The van der Waals surface area contributed by atoms with E-state index in [0.717, 1.165) is 46.0 Å². The predicted octanol–water partition coefficient (Wildman–Crippen LogP) is 8.06. The number of rotatable bonds is 5. The van der Waals surface area contributed by atoms with Crippen molar-refractivity contribution in [2.24, 2.45) is 0 Å². The van der Waals surface area contributed by atoms with Crippen LogP contribution in [-0.4, -0.2) is 17.4 Å². The molecular weight excluding hydrogens is 489 g/mol. The molecule has 0 unspecified atom stereocenters. The van der Waals surface area contributed by atoms with Gasteiger partial charge in [0.05, 0.1) is 10.0 Å². The van der Waals surface area contributed by atoms with Crippen molar-refractivity contribution >= 4 is 52.1 Å². The molecule has 1 amide bonds. The number of fused-ring (bicyclic) bond motifs is 1. The fourth-order valence-electron chi connectivity index (χ4n) is 4.71. The molecule has 2 heterocycles. The van der Waals surface area contributed by atoms with Gasteiger partial charge >= 0.3 is 0 Å². The Kier molecular flexibility index (Phi) is 6.65. The smallest absolute Gasteiger partial charge is 0.255 e. The van der Waals surface area contributed by atoms with Crippen molar-refractivity contribution in [3.63, 3.8) is 0 Å². The second-order valence-corrected chi connectivity index (χ2v) is 10.2. The van der Waals surface area contributed by atoms with Crippen molar-refractivity contribution in [1.82, 2.24) is 4.98 Å². The lowest BCUT2D eigenvalue weighted by atomic mass is 10.0. The zero-order chi connectivity index (χ0) is 25.4. The van der Waals surface area contributed by atoms with Crippen LogP contribution in [0.2, 0.25) is 10.0 Å². The lowest BCUT2D eigenvalue weighted by Crippen LogP contribution is -2.19. The third kappa shape index (κ3) is 5.06. The minimum atomic E-state index is -0.120. The Morgan fingerprint density at radius 3 is 2.56 bits per heavy atom. The van der Waals surface area contributed by atoms with Crippen LogP contribution in [0.15, 0.2) is 66.7 Å². The molecular formula is C30H27Cl2N3O. The molecule has 0 aliphatic carbocycles. The number of benzene rings is 3. The van der Waals surface area contributed by atoms with Crippen molar-refractivity contribution < 1.29 is 4.79 Å². The van der Waals surface area contributed by atoms with Gasteiger partial charge in [0.15, 0.2) is 0 Å². The maximum absolute atomic E-state index is 12.9. The molecule has 4 nitrogen and oxygen atoms in total. The lowest BCUT2D eigenvalue weighted by Gasteiger charge is -2.20. The molecule has 0 atom stereocenters. The van der Waals surface area contributed by atoms with Crippen LogP contribution in [0.4, 0.5) is 11.4 Å². The van der Waals surface area contributed by atoms with Gasteiger partial charge in [-0.05, 0) is 92.1 Å². The zero-order valence-corrected chi connectivity index (χ0v) is 22.0. The van der Waals surface area contributed by atoms with E-state index >= 15 is 0 Å². The molecule has 3 aromatic carbocycles. The van der Waals surface area contributed by atoms with E-state index < -0.39 is 0 Å². The average Bonchev–Trinajstić information content (AvgIpc) is 3.34. The molecule has 0 fully saturated rings. The quantitative estimate of drug-likeness (QED) is 0.282. The van der Waals surface area contributed by atoms with Crippen molar-refractivity contribution in [2.45, 2.75) is 27.3 Å². The first-order valence-electron chi connectivity index (χ1n) is 11.8. The van der Waals surface area contributed by atoms with Crippen molar-refractivity contribution in [1.29, 1.82) is 0 Å². The number of nitrogens with one attached hydrogen (secondary N) is 2. The summed E-state index contributed by atoms with van der Waals surface area (Å²) in [5.41, 5.74) is 10.4. The van der Waals surface area contributed by atoms with Crippen LogP contribution in [0.5, 0.6) is 0 Å². The molecule has 0 saturated carbocycles. The molecule has 5 rings (SSSR count). The number of nitrogens with zero attached hydrogens (tertiary/aromatic N) is 1. The molecule has 0 spiro atoms. The van der Waals surface area contributed by atoms with Crippen LogP contribution in [-0.2, 0) is 6.54 Å². The number of aromatic nitrogens is 1. The number of carbonyl (C=O) groups is 1. The van der Waals surface area contributed by atoms with Crippen molar-refractivity contribution in [3.8, 4) is 0 Å². The number of halogens is 2. The van der Waals surface area contributed by atoms with Gasteiger partial charge in [-0.1, -0.05) is 47.0 Å². The van der Waals surface area contributed by atoms with E-state index in [1.807, 2.05) is 55.5 Å². The first-order chi connectivity index (χ1) is 17.3. The van der Waals surface area contributed by atoms with Crippen LogP contribution in [0.25, 0.3) is 11.6 Å². The Morgan fingerprint density at radius 2 is 1.83 bits per heavy atom. The average molecular weight is 516 g/mol. The van der Waals surface area contributed by atoms with Crippen molar-refractivity contribution in [2.75, 3.05) is 16.8 Å². The van der Waals surface area contributed by atoms with Gasteiger partial charge in [0.25, 0.3) is 5.91 Å². The Labute approximate surface area is 221 Å². The molecule has 182 valence electrons. The van der Waals surface area contributed by atoms with Gasteiger partial charge in [0, 0.05) is 47.0 Å². The summed E-state index contributed by atoms with van der Waals surface area (Å²) < 4.78 is 0. The van der Waals surface area contributed by atoms with Gasteiger partial charge in [-0.15, -0.1) is 0 Å². The molecule has 4 aromatic rings. The van der Waals surface area contributed by atoms with E-state index in [1.54, 1.807) is 0 Å². The Morgan fingerprint density at radius 1 is 1.00 bits per heavy atom. The summed E-state index contributed by atoms with van der Waals surface area (Å²) in [6.45, 7) is 7.59. The lowest BCUT2D eigenvalue weighted by molar-refractivity contribution is 0.102. The standard InChI is InChI=1S/C30H27Cl2N3O/c1-18-5-4-6-22(11-18)30(36)34-24-8-10-29-25(15-24)23(14-28-19(2)12-20(3)33-28)17-35(29)16-21-7-9-26(31)27(32)13-21/h4-15,33H,16-17H2,1-3H3,(H,34,36)/b23-14+. The van der Waals surface area contributed by atoms with Gasteiger partial charge in [-0.2, -0.15) is 0 Å². The van der Waals surface area contributed by atoms with E-state index in [-0.39, 0.29) is 5.91 Å². The number of amides is 1. The second-order valence-electron chi connectivity index (χ2n) is 9.38. The predicted molar refractivity (Wildman–Crippen MR) is 151 cm³/mol. The van der Waals surface area contributed by atoms with E-state index in [9.17, 15) is 4.79 Å². The summed E-state index contributed by atoms with van der Waals surface area (Å²) in [5.74, 6) is -0.120. The summed E-state index contributed by atoms with van der Waals surface area (Å²) in [5, 5.41) is 4.17. The fourth-order valence-corrected chi connectivity index (χ4v) is 5.03. The van der Waals surface area contributed by atoms with Crippen LogP contribution in [0.3, 0.4) is 0 Å². The number of anilines is 2. The largest absolute Gasteiger partial charge is 0.362 e. The molecule has 0 radical (unpaired) electrons. The monoisotopic (exact) mass is 515 g/mol. The Balaban J connectivity index is 1.49. The zero-order valence-electron chi connectivity index (χ0n) is 20.5. The van der Waals surface area contributed by atoms with Gasteiger partial charge in [0.2, 0.25) is 0 Å². The highest BCUT2D eigenvalue weighted by atomic mass is 35.5. The molecule has 6 heteroatoms. The fraction of sp³-hybridized carbons (Fsp3) is 0.167. The van der Waals surface area contributed by atoms with E-state index in [1.165, 1.54) is 11.1 Å². The van der Waals surface area contributed by atoms with Gasteiger partial charge < -0.3 is 15.2 Å². The van der Waals surface area contributed by atoms with Gasteiger partial charge in [-0.3, -0.25) is 4.79 Å². The summed E-state index contributed by atoms with van der Waals surface area (Å²) in [6, 6.07) is 21.6. The molecule has 1 aromatic heterocycles. The molecule has 1 aliphatic rings. The molecule has 0 saturated heterocycles. The normalized spacial score (nSPS) is 13.8. The first-order valence-corrected chi connectivity index (χ1v) is 12.6. The highest BCUT2D eigenvalue weighted by molar-refractivity contribution is 6.42. The highest BCUT2D eigenvalue weighted by Gasteiger charge is 2.25. The van der Waals surface area contributed by atoms with Crippen LogP contribution in [0.1, 0.15) is 44.0 Å². The molecule has 0 bridgehead atoms. The van der Waals surface area contributed by atoms with Gasteiger partial charge in [0.1, 0.15) is 0 Å². The van der Waals surface area contributed by atoms with E-state index in [2.05, 4.69) is 53.3 Å². The van der Waals surface area contributed by atoms with Crippen molar-refractivity contribution in [3.05, 3.63) is 116 Å². The number of hydrogen-bond donors (Lipinski definition) is 2. The molecule has 36 heavy (non-hydrogen) atoms. The Hall–Kier alpha value is -3.47. The minimum Gasteiger partial charge on any atom is -0.362 e. The number of H-pyrrole nitrogens is 1. The maximum atomic E-state index is 12.9. The summed E-state index contributed by atoms with van der Waals surface area (Å²) in [6.07, 6.45) is 2.21. The molecule has 2 N–H and O–H groups in total. The third-order valence-corrected chi connectivity index (χ3v) is 7.19. The maximum Gasteiger partial charge on any atom is 0.255 e. The minimum absolute atomic E-state index is 0.120. The van der Waals surface area contributed by atoms with E-state index in [0.29, 0.717) is 22.2 Å². The van der Waals surface area contributed by atoms with Gasteiger partial charge in [-0.25, -0.2) is 0 Å². The van der Waals surface area contributed by atoms with E-state index in [4.69, 9.17) is 23.2 Å². The number of aromatic amines is 1. The second kappa shape index (κ2) is 9.88. The summed E-state index contributed by atoms with van der Waals surface area (Å²) in [7, 11) is 0. The van der Waals surface area contributed by atoms with Crippen LogP contribution >= 0.6 is 23.2 Å². The van der Waals surface area contributed by atoms with Crippen LogP contribution < -0.4 is 10.2 Å².